The average molecular weight is 423 g/mol. The summed E-state index contributed by atoms with van der Waals surface area (Å²) in [5, 5.41) is 3.02. The zero-order valence-electron chi connectivity index (χ0n) is 17.1. The number of hydrogen-bond donors (Lipinski definition) is 0. The van der Waals surface area contributed by atoms with E-state index in [1.165, 1.54) is 12.8 Å². The molecule has 1 saturated carbocycles. The van der Waals surface area contributed by atoms with Crippen molar-refractivity contribution >= 4 is 21.6 Å². The predicted octanol–water partition coefficient (Wildman–Crippen LogP) is 4.20. The van der Waals surface area contributed by atoms with Gasteiger partial charge in [-0.05, 0) is 48.1 Å². The molecule has 5 nitrogen and oxygen atoms in total. The van der Waals surface area contributed by atoms with E-state index in [0.717, 1.165) is 29.5 Å². The molecule has 156 valence electrons. The van der Waals surface area contributed by atoms with Crippen molar-refractivity contribution < 1.29 is 8.95 Å². The van der Waals surface area contributed by atoms with E-state index in [2.05, 4.69) is 17.1 Å². The number of fused-ring (bicyclic) bond motifs is 1. The van der Waals surface area contributed by atoms with Gasteiger partial charge >= 0.3 is 0 Å². The van der Waals surface area contributed by atoms with E-state index in [9.17, 15) is 9.00 Å². The maximum atomic E-state index is 13.2. The van der Waals surface area contributed by atoms with Crippen LogP contribution in [-0.2, 0) is 23.8 Å². The molecule has 1 aliphatic carbocycles. The van der Waals surface area contributed by atoms with Crippen molar-refractivity contribution in [2.45, 2.75) is 44.8 Å². The Hall–Kier alpha value is -2.73. The van der Waals surface area contributed by atoms with Gasteiger partial charge in [-0.1, -0.05) is 36.4 Å². The van der Waals surface area contributed by atoms with Gasteiger partial charge in [-0.15, -0.1) is 0 Å². The second kappa shape index (κ2) is 9.39. The minimum absolute atomic E-state index is 0.0927. The van der Waals surface area contributed by atoms with Crippen LogP contribution in [0.5, 0.6) is 5.88 Å². The monoisotopic (exact) mass is 422 g/mol. The van der Waals surface area contributed by atoms with E-state index in [0.29, 0.717) is 24.2 Å². The Balaban J connectivity index is 1.74. The molecule has 30 heavy (non-hydrogen) atoms. The first kappa shape index (κ1) is 20.5. The molecule has 3 aromatic rings. The fraction of sp³-hybridized carbons (Fsp3) is 0.333. The molecule has 6 heteroatoms. The molecule has 0 N–H and O–H groups in total. The number of pyridine rings is 2. The molecule has 4 rings (SSSR count). The van der Waals surface area contributed by atoms with Gasteiger partial charge in [-0.2, -0.15) is 0 Å². The Morgan fingerprint density at radius 2 is 1.97 bits per heavy atom. The van der Waals surface area contributed by atoms with Crippen LogP contribution in [0.25, 0.3) is 10.8 Å². The molecular formula is C24H26N2O3S. The number of benzene rings is 1. The maximum absolute atomic E-state index is 13.2. The summed E-state index contributed by atoms with van der Waals surface area (Å²) in [6, 6.07) is 14.0. The summed E-state index contributed by atoms with van der Waals surface area (Å²) in [5.41, 5.74) is 1.94. The zero-order valence-corrected chi connectivity index (χ0v) is 17.9. The zero-order chi connectivity index (χ0) is 20.9. The Kier molecular flexibility index (Phi) is 6.43. The molecule has 1 unspecified atom stereocenters. The first-order valence-electron chi connectivity index (χ1n) is 10.3. The van der Waals surface area contributed by atoms with Crippen molar-refractivity contribution in [3.8, 4) is 5.88 Å². The van der Waals surface area contributed by atoms with Crippen molar-refractivity contribution in [1.29, 1.82) is 0 Å². The van der Waals surface area contributed by atoms with E-state index < -0.39 is 10.8 Å². The largest absolute Gasteiger partial charge is 0.474 e. The molecule has 0 saturated heterocycles. The third kappa shape index (κ3) is 4.87. The highest BCUT2D eigenvalue weighted by molar-refractivity contribution is 7.87. The Morgan fingerprint density at radius 1 is 1.20 bits per heavy atom. The lowest BCUT2D eigenvalue weighted by Gasteiger charge is -2.15. The molecule has 1 fully saturated rings. The molecule has 1 atom stereocenters. The third-order valence-corrected chi connectivity index (χ3v) is 6.02. The second-order valence-electron chi connectivity index (χ2n) is 7.72. The van der Waals surface area contributed by atoms with Crippen LogP contribution in [0.4, 0.5) is 0 Å². The highest BCUT2D eigenvalue weighted by Crippen LogP contribution is 2.25. The normalized spacial score (nSPS) is 15.8. The van der Waals surface area contributed by atoms with E-state index in [1.54, 1.807) is 28.5 Å². The summed E-state index contributed by atoms with van der Waals surface area (Å²) in [4.78, 5) is 17.6. The van der Waals surface area contributed by atoms with Crippen LogP contribution in [0, 0.1) is 0 Å². The van der Waals surface area contributed by atoms with Gasteiger partial charge in [0, 0.05) is 48.0 Å². The van der Waals surface area contributed by atoms with Crippen molar-refractivity contribution in [2.24, 2.45) is 0 Å². The minimum Gasteiger partial charge on any atom is -0.474 e. The average Bonchev–Trinajstić information content (AvgIpc) is 3.24. The summed E-state index contributed by atoms with van der Waals surface area (Å²) in [5.74, 6) is 0.582. The minimum atomic E-state index is -1.05. The molecular weight excluding hydrogens is 396 g/mol. The predicted molar refractivity (Wildman–Crippen MR) is 121 cm³/mol. The van der Waals surface area contributed by atoms with Gasteiger partial charge < -0.3 is 9.30 Å². The number of aromatic nitrogens is 2. The Morgan fingerprint density at radius 3 is 2.70 bits per heavy atom. The van der Waals surface area contributed by atoms with Crippen LogP contribution >= 0.6 is 0 Å². The lowest BCUT2D eigenvalue weighted by atomic mass is 10.1. The van der Waals surface area contributed by atoms with Gasteiger partial charge in [0.1, 0.15) is 6.10 Å². The SMILES string of the molecule is CS(=O)/C=C/Cn1c(Cc2ccccc2)cc2cc(OC3CCCC3)ncc2c1=O. The molecule has 1 aliphatic rings. The molecule has 0 bridgehead atoms. The standard InChI is InChI=1S/C24H26N2O3S/c1-30(28)13-7-12-26-20(14-18-8-3-2-4-9-18)15-19-16-23(25-17-22(19)24(26)27)29-21-10-5-6-11-21/h2-4,7-9,13,15-17,21H,5-6,10-12,14H2,1H3/b13-7+. The molecule has 2 heterocycles. The molecule has 0 amide bonds. The smallest absolute Gasteiger partial charge is 0.260 e. The molecule has 0 aliphatic heterocycles. The lowest BCUT2D eigenvalue weighted by Crippen LogP contribution is -2.24. The van der Waals surface area contributed by atoms with Crippen molar-refractivity contribution in [2.75, 3.05) is 6.26 Å². The first-order chi connectivity index (χ1) is 14.6. The summed E-state index contributed by atoms with van der Waals surface area (Å²) < 4.78 is 19.2. The highest BCUT2D eigenvalue weighted by atomic mass is 32.2. The molecule has 0 radical (unpaired) electrons. The number of ether oxygens (including phenoxy) is 1. The van der Waals surface area contributed by atoms with Gasteiger partial charge in [-0.3, -0.25) is 9.00 Å². The van der Waals surface area contributed by atoms with Gasteiger partial charge in [0.05, 0.1) is 5.39 Å². The number of rotatable bonds is 7. The van der Waals surface area contributed by atoms with Gasteiger partial charge in [0.15, 0.2) is 0 Å². The van der Waals surface area contributed by atoms with Crippen molar-refractivity contribution in [1.82, 2.24) is 9.55 Å². The van der Waals surface area contributed by atoms with Gasteiger partial charge in [-0.25, -0.2) is 4.98 Å². The highest BCUT2D eigenvalue weighted by Gasteiger charge is 2.18. The van der Waals surface area contributed by atoms with Crippen molar-refractivity contribution in [3.05, 3.63) is 81.8 Å². The Labute approximate surface area is 178 Å². The van der Waals surface area contributed by atoms with Gasteiger partial charge in [0.2, 0.25) is 5.88 Å². The topological polar surface area (TPSA) is 61.2 Å². The van der Waals surface area contributed by atoms with Crippen LogP contribution in [-0.4, -0.2) is 26.1 Å². The van der Waals surface area contributed by atoms with E-state index in [-0.39, 0.29) is 11.7 Å². The van der Waals surface area contributed by atoms with Crippen LogP contribution < -0.4 is 10.3 Å². The lowest BCUT2D eigenvalue weighted by molar-refractivity contribution is 0.202. The van der Waals surface area contributed by atoms with Crippen LogP contribution in [0.1, 0.15) is 36.9 Å². The molecule has 2 aromatic heterocycles. The fourth-order valence-corrected chi connectivity index (χ4v) is 4.32. The molecule has 0 spiro atoms. The summed E-state index contributed by atoms with van der Waals surface area (Å²) in [6.07, 6.45) is 10.4. The summed E-state index contributed by atoms with van der Waals surface area (Å²) in [7, 11) is -1.05. The van der Waals surface area contributed by atoms with Crippen LogP contribution in [0.15, 0.2) is 64.9 Å². The quantitative estimate of drug-likeness (QED) is 0.573. The van der Waals surface area contributed by atoms with E-state index in [4.69, 9.17) is 4.74 Å². The van der Waals surface area contributed by atoms with E-state index in [1.807, 2.05) is 30.3 Å². The second-order valence-corrected chi connectivity index (χ2v) is 8.99. The summed E-state index contributed by atoms with van der Waals surface area (Å²) >= 11 is 0. The number of hydrogen-bond acceptors (Lipinski definition) is 4. The fourth-order valence-electron chi connectivity index (χ4n) is 3.96. The third-order valence-electron chi connectivity index (χ3n) is 5.45. The number of nitrogens with zero attached hydrogens (tertiary/aromatic N) is 2. The number of allylic oxidation sites excluding steroid dienone is 1. The Bertz CT molecular complexity index is 1130. The van der Waals surface area contributed by atoms with Gasteiger partial charge in [0.25, 0.3) is 5.56 Å². The summed E-state index contributed by atoms with van der Waals surface area (Å²) in [6.45, 7) is 0.372. The van der Waals surface area contributed by atoms with Crippen molar-refractivity contribution in [3.63, 3.8) is 0 Å². The van der Waals surface area contributed by atoms with E-state index >= 15 is 0 Å². The van der Waals surface area contributed by atoms with Crippen LogP contribution in [0.3, 0.4) is 0 Å². The maximum Gasteiger partial charge on any atom is 0.260 e. The first-order valence-corrected chi connectivity index (χ1v) is 11.9. The molecule has 1 aromatic carbocycles. The van der Waals surface area contributed by atoms with Crippen LogP contribution in [0.2, 0.25) is 0 Å².